The van der Waals surface area contributed by atoms with Crippen LogP contribution in [0.4, 0.5) is 4.39 Å². The van der Waals surface area contributed by atoms with Gasteiger partial charge in [-0.1, -0.05) is 12.1 Å². The summed E-state index contributed by atoms with van der Waals surface area (Å²) in [6, 6.07) is 6.92. The maximum atomic E-state index is 13.4. The molecule has 0 aliphatic carbocycles. The summed E-state index contributed by atoms with van der Waals surface area (Å²) in [5.74, 6) is -0.0471. The Morgan fingerprint density at radius 2 is 2.20 bits per heavy atom. The zero-order valence-corrected chi connectivity index (χ0v) is 11.7. The Kier molecular flexibility index (Phi) is 6.24. The first-order valence-electron chi connectivity index (χ1n) is 7.23. The number of rotatable bonds is 8. The molecule has 0 bridgehead atoms. The van der Waals surface area contributed by atoms with Crippen LogP contribution in [0.3, 0.4) is 0 Å². The molecular formula is C15H23FN2O2. The largest absolute Gasteiger partial charge is 0.489 e. The van der Waals surface area contributed by atoms with Crippen LogP contribution in [0, 0.1) is 5.82 Å². The topological polar surface area (TPSA) is 44.7 Å². The fraction of sp³-hybridized carbons (Fsp3) is 0.600. The van der Waals surface area contributed by atoms with Crippen molar-refractivity contribution in [3.63, 3.8) is 0 Å². The number of aliphatic hydroxyl groups is 1. The monoisotopic (exact) mass is 282 g/mol. The van der Waals surface area contributed by atoms with Gasteiger partial charge in [-0.3, -0.25) is 4.90 Å². The van der Waals surface area contributed by atoms with Crippen molar-refractivity contribution < 1.29 is 14.2 Å². The van der Waals surface area contributed by atoms with Gasteiger partial charge in [-0.2, -0.15) is 0 Å². The van der Waals surface area contributed by atoms with E-state index in [2.05, 4.69) is 10.2 Å². The molecule has 0 amide bonds. The van der Waals surface area contributed by atoms with Crippen LogP contribution >= 0.6 is 0 Å². The Hall–Kier alpha value is -1.17. The van der Waals surface area contributed by atoms with E-state index in [9.17, 15) is 4.39 Å². The Morgan fingerprint density at radius 3 is 2.90 bits per heavy atom. The maximum Gasteiger partial charge on any atom is 0.165 e. The van der Waals surface area contributed by atoms with Crippen molar-refractivity contribution in [2.75, 3.05) is 39.4 Å². The molecule has 0 aromatic heterocycles. The normalized spacial score (nSPS) is 18.6. The number of halogens is 1. The standard InChI is InChI=1S/C15H23FN2O2/c16-14-5-1-2-6-15(14)20-11-9-18(8-10-19)12-13-4-3-7-17-13/h1-2,5-6,13,17,19H,3-4,7-12H2. The fourth-order valence-electron chi connectivity index (χ4n) is 2.51. The van der Waals surface area contributed by atoms with Gasteiger partial charge in [-0.05, 0) is 31.5 Å². The molecule has 2 rings (SSSR count). The summed E-state index contributed by atoms with van der Waals surface area (Å²) in [6.45, 7) is 3.84. The van der Waals surface area contributed by atoms with Gasteiger partial charge in [-0.15, -0.1) is 0 Å². The molecule has 1 aliphatic rings. The molecule has 1 aliphatic heterocycles. The Morgan fingerprint density at radius 1 is 1.35 bits per heavy atom. The molecule has 1 unspecified atom stereocenters. The Bertz CT molecular complexity index is 397. The van der Waals surface area contributed by atoms with Crippen LogP contribution in [0.5, 0.6) is 5.75 Å². The lowest BCUT2D eigenvalue weighted by molar-refractivity contribution is 0.157. The van der Waals surface area contributed by atoms with Crippen LogP contribution in [0.15, 0.2) is 24.3 Å². The highest BCUT2D eigenvalue weighted by Crippen LogP contribution is 2.15. The minimum Gasteiger partial charge on any atom is -0.489 e. The van der Waals surface area contributed by atoms with Gasteiger partial charge in [0, 0.05) is 25.7 Å². The van der Waals surface area contributed by atoms with E-state index in [0.29, 0.717) is 25.7 Å². The molecule has 1 aromatic carbocycles. The van der Waals surface area contributed by atoms with E-state index in [1.807, 2.05) is 0 Å². The molecule has 1 heterocycles. The van der Waals surface area contributed by atoms with E-state index in [4.69, 9.17) is 9.84 Å². The molecule has 2 N–H and O–H groups in total. The molecule has 0 radical (unpaired) electrons. The summed E-state index contributed by atoms with van der Waals surface area (Å²) in [7, 11) is 0. The molecule has 0 spiro atoms. The zero-order valence-electron chi connectivity index (χ0n) is 11.7. The SMILES string of the molecule is OCCN(CCOc1ccccc1F)CC1CCCN1. The van der Waals surface area contributed by atoms with Crippen LogP contribution in [0.25, 0.3) is 0 Å². The second-order valence-electron chi connectivity index (χ2n) is 5.10. The van der Waals surface area contributed by atoms with Gasteiger partial charge >= 0.3 is 0 Å². The van der Waals surface area contributed by atoms with Crippen molar-refractivity contribution in [3.8, 4) is 5.75 Å². The lowest BCUT2D eigenvalue weighted by Crippen LogP contribution is -2.40. The van der Waals surface area contributed by atoms with E-state index in [-0.39, 0.29) is 18.2 Å². The van der Waals surface area contributed by atoms with Crippen LogP contribution in [0.2, 0.25) is 0 Å². The lowest BCUT2D eigenvalue weighted by atomic mass is 10.2. The third kappa shape index (κ3) is 4.74. The molecule has 1 atom stereocenters. The summed E-state index contributed by atoms with van der Waals surface area (Å²) in [5.41, 5.74) is 0. The van der Waals surface area contributed by atoms with E-state index in [0.717, 1.165) is 13.1 Å². The first kappa shape index (κ1) is 15.2. The Labute approximate surface area is 119 Å². The molecule has 4 nitrogen and oxygen atoms in total. The number of ether oxygens (including phenoxy) is 1. The molecule has 5 heteroatoms. The number of benzene rings is 1. The third-order valence-electron chi connectivity index (χ3n) is 3.56. The fourth-order valence-corrected chi connectivity index (χ4v) is 2.51. The van der Waals surface area contributed by atoms with Gasteiger partial charge in [0.05, 0.1) is 6.61 Å². The van der Waals surface area contributed by atoms with Crippen molar-refractivity contribution in [2.24, 2.45) is 0 Å². The maximum absolute atomic E-state index is 13.4. The van der Waals surface area contributed by atoms with Crippen LogP contribution < -0.4 is 10.1 Å². The van der Waals surface area contributed by atoms with Crippen molar-refractivity contribution in [2.45, 2.75) is 18.9 Å². The number of para-hydroxylation sites is 1. The average Bonchev–Trinajstić information content (AvgIpc) is 2.94. The summed E-state index contributed by atoms with van der Waals surface area (Å²) in [6.07, 6.45) is 2.39. The van der Waals surface area contributed by atoms with Gasteiger partial charge in [0.25, 0.3) is 0 Å². The first-order chi connectivity index (χ1) is 9.79. The predicted molar refractivity (Wildman–Crippen MR) is 76.4 cm³/mol. The first-order valence-corrected chi connectivity index (χ1v) is 7.23. The van der Waals surface area contributed by atoms with Crippen molar-refractivity contribution in [1.82, 2.24) is 10.2 Å². The molecule has 1 aromatic rings. The minimum atomic E-state index is -0.335. The Balaban J connectivity index is 1.75. The number of aliphatic hydroxyl groups excluding tert-OH is 1. The second kappa shape index (κ2) is 8.19. The molecule has 112 valence electrons. The van der Waals surface area contributed by atoms with Gasteiger partial charge in [0.2, 0.25) is 0 Å². The minimum absolute atomic E-state index is 0.131. The van der Waals surface area contributed by atoms with E-state index < -0.39 is 0 Å². The number of hydrogen-bond donors (Lipinski definition) is 2. The summed E-state index contributed by atoms with van der Waals surface area (Å²) >= 11 is 0. The summed E-state index contributed by atoms with van der Waals surface area (Å²) in [4.78, 5) is 2.16. The highest BCUT2D eigenvalue weighted by molar-refractivity contribution is 5.23. The molecule has 0 saturated carbocycles. The highest BCUT2D eigenvalue weighted by Gasteiger charge is 2.17. The van der Waals surface area contributed by atoms with Gasteiger partial charge in [0.1, 0.15) is 6.61 Å². The van der Waals surface area contributed by atoms with Crippen molar-refractivity contribution in [1.29, 1.82) is 0 Å². The number of nitrogens with one attached hydrogen (secondary N) is 1. The second-order valence-corrected chi connectivity index (χ2v) is 5.10. The van der Waals surface area contributed by atoms with Gasteiger partial charge < -0.3 is 15.2 Å². The number of nitrogens with zero attached hydrogens (tertiary/aromatic N) is 1. The number of hydrogen-bond acceptors (Lipinski definition) is 4. The van der Waals surface area contributed by atoms with Gasteiger partial charge in [0.15, 0.2) is 11.6 Å². The zero-order chi connectivity index (χ0) is 14.2. The highest BCUT2D eigenvalue weighted by atomic mass is 19.1. The van der Waals surface area contributed by atoms with E-state index >= 15 is 0 Å². The molecule has 20 heavy (non-hydrogen) atoms. The molecule has 1 fully saturated rings. The average molecular weight is 282 g/mol. The van der Waals surface area contributed by atoms with Crippen LogP contribution in [0.1, 0.15) is 12.8 Å². The van der Waals surface area contributed by atoms with E-state index in [1.165, 1.54) is 18.9 Å². The van der Waals surface area contributed by atoms with Crippen LogP contribution in [-0.2, 0) is 0 Å². The third-order valence-corrected chi connectivity index (χ3v) is 3.56. The van der Waals surface area contributed by atoms with Crippen molar-refractivity contribution in [3.05, 3.63) is 30.1 Å². The lowest BCUT2D eigenvalue weighted by Gasteiger charge is -2.24. The van der Waals surface area contributed by atoms with Crippen LogP contribution in [-0.4, -0.2) is 55.4 Å². The summed E-state index contributed by atoms with van der Waals surface area (Å²) < 4.78 is 18.9. The molecular weight excluding hydrogens is 259 g/mol. The summed E-state index contributed by atoms with van der Waals surface area (Å²) in [5, 5.41) is 12.5. The van der Waals surface area contributed by atoms with Crippen molar-refractivity contribution >= 4 is 0 Å². The van der Waals surface area contributed by atoms with E-state index in [1.54, 1.807) is 18.2 Å². The molecule has 1 saturated heterocycles. The van der Waals surface area contributed by atoms with Gasteiger partial charge in [-0.25, -0.2) is 4.39 Å². The smallest absolute Gasteiger partial charge is 0.165 e. The predicted octanol–water partition coefficient (Wildman–Crippen LogP) is 1.25. The quantitative estimate of drug-likeness (QED) is 0.753.